The van der Waals surface area contributed by atoms with Crippen LogP contribution in [0.25, 0.3) is 0 Å². The van der Waals surface area contributed by atoms with Gasteiger partial charge in [0.1, 0.15) is 0 Å². The van der Waals surface area contributed by atoms with Crippen molar-refractivity contribution in [3.8, 4) is 0 Å². The molecule has 2 heterocycles. The Bertz CT molecular complexity index is 401. The molecule has 0 radical (unpaired) electrons. The van der Waals surface area contributed by atoms with E-state index in [0.29, 0.717) is 0 Å². The fraction of sp³-hybridized carbons (Fsp3) is 0.308. The normalized spacial score (nSPS) is 10.6. The topological polar surface area (TPSA) is 24.9 Å². The van der Waals surface area contributed by atoms with Crippen LogP contribution in [0.2, 0.25) is 0 Å². The molecule has 0 amide bonds. The number of hydrogen-bond donors (Lipinski definition) is 1. The van der Waals surface area contributed by atoms with Crippen LogP contribution in [0.5, 0.6) is 0 Å². The van der Waals surface area contributed by atoms with Crippen LogP contribution >= 0.6 is 23.1 Å². The third-order valence-electron chi connectivity index (χ3n) is 2.34. The zero-order valence-corrected chi connectivity index (χ0v) is 11.3. The third kappa shape index (κ3) is 4.89. The van der Waals surface area contributed by atoms with Gasteiger partial charge in [0.25, 0.3) is 0 Å². The van der Waals surface area contributed by atoms with Crippen molar-refractivity contribution in [1.29, 1.82) is 0 Å². The van der Waals surface area contributed by atoms with Gasteiger partial charge in [-0.05, 0) is 47.5 Å². The van der Waals surface area contributed by atoms with Crippen LogP contribution in [-0.2, 0) is 6.42 Å². The minimum Gasteiger partial charge on any atom is -0.316 e. The number of hydrogen-bond acceptors (Lipinski definition) is 4. The lowest BCUT2D eigenvalue weighted by atomic mass is 10.2. The molecule has 1 N–H and O–H groups in total. The molecule has 0 aromatic carbocycles. The summed E-state index contributed by atoms with van der Waals surface area (Å²) in [5, 5.41) is 8.90. The minimum atomic E-state index is 1.03. The second-order valence-electron chi connectivity index (χ2n) is 3.65. The predicted molar refractivity (Wildman–Crippen MR) is 75.9 cm³/mol. The Labute approximate surface area is 110 Å². The van der Waals surface area contributed by atoms with Crippen molar-refractivity contribution >= 4 is 23.1 Å². The Hall–Kier alpha value is -0.840. The van der Waals surface area contributed by atoms with E-state index in [1.165, 1.54) is 5.56 Å². The maximum absolute atomic E-state index is 4.27. The highest BCUT2D eigenvalue weighted by atomic mass is 32.2. The van der Waals surface area contributed by atoms with Crippen molar-refractivity contribution in [3.63, 3.8) is 0 Å². The highest BCUT2D eigenvalue weighted by Gasteiger charge is 1.95. The van der Waals surface area contributed by atoms with Gasteiger partial charge in [-0.2, -0.15) is 11.3 Å². The van der Waals surface area contributed by atoms with Gasteiger partial charge in [-0.1, -0.05) is 6.07 Å². The van der Waals surface area contributed by atoms with Crippen molar-refractivity contribution in [2.75, 3.05) is 18.8 Å². The molecule has 0 unspecified atom stereocenters. The highest BCUT2D eigenvalue weighted by Crippen LogP contribution is 2.12. The first-order valence-corrected chi connectivity index (χ1v) is 7.63. The lowest BCUT2D eigenvalue weighted by Crippen LogP contribution is -2.19. The lowest BCUT2D eigenvalue weighted by molar-refractivity contribution is 0.722. The average Bonchev–Trinajstić information content (AvgIpc) is 2.88. The molecule has 0 atom stereocenters. The van der Waals surface area contributed by atoms with Crippen molar-refractivity contribution in [3.05, 3.63) is 46.8 Å². The zero-order chi connectivity index (χ0) is 11.8. The number of pyridine rings is 1. The molecule has 2 aromatic heterocycles. The van der Waals surface area contributed by atoms with Crippen LogP contribution in [0.4, 0.5) is 0 Å². The van der Waals surface area contributed by atoms with Gasteiger partial charge in [-0.25, -0.2) is 4.98 Å². The number of thiophene rings is 1. The summed E-state index contributed by atoms with van der Waals surface area (Å²) in [6.07, 6.45) is 2.96. The van der Waals surface area contributed by atoms with Crippen molar-refractivity contribution < 1.29 is 0 Å². The van der Waals surface area contributed by atoms with Crippen molar-refractivity contribution in [2.45, 2.75) is 11.4 Å². The third-order valence-corrected chi connectivity index (χ3v) is 4.01. The van der Waals surface area contributed by atoms with Gasteiger partial charge in [0.15, 0.2) is 0 Å². The summed E-state index contributed by atoms with van der Waals surface area (Å²) < 4.78 is 0. The number of thioether (sulfide) groups is 1. The Kier molecular flexibility index (Phi) is 5.55. The summed E-state index contributed by atoms with van der Waals surface area (Å²) >= 11 is 3.56. The SMILES string of the molecule is c1ccc(SCCNCCc2ccsc2)nc1. The highest BCUT2D eigenvalue weighted by molar-refractivity contribution is 7.99. The Balaban J connectivity index is 1.52. The molecule has 2 nitrogen and oxygen atoms in total. The van der Waals surface area contributed by atoms with Gasteiger partial charge in [0, 0.05) is 18.5 Å². The van der Waals surface area contributed by atoms with E-state index in [4.69, 9.17) is 0 Å². The molecule has 2 aromatic rings. The lowest BCUT2D eigenvalue weighted by Gasteiger charge is -2.03. The van der Waals surface area contributed by atoms with Gasteiger partial charge in [-0.15, -0.1) is 11.8 Å². The molecule has 0 fully saturated rings. The minimum absolute atomic E-state index is 1.03. The van der Waals surface area contributed by atoms with E-state index in [1.807, 2.05) is 18.3 Å². The molecule has 90 valence electrons. The smallest absolute Gasteiger partial charge is 0.0960 e. The predicted octanol–water partition coefficient (Wildman–Crippen LogP) is 3.07. The van der Waals surface area contributed by atoms with Gasteiger partial charge >= 0.3 is 0 Å². The molecular formula is C13H16N2S2. The average molecular weight is 264 g/mol. The molecule has 0 spiro atoms. The first-order valence-electron chi connectivity index (χ1n) is 5.71. The second kappa shape index (κ2) is 7.48. The van der Waals surface area contributed by atoms with Crippen LogP contribution in [0, 0.1) is 0 Å². The van der Waals surface area contributed by atoms with Crippen molar-refractivity contribution in [1.82, 2.24) is 10.3 Å². The molecule has 17 heavy (non-hydrogen) atoms. The van der Waals surface area contributed by atoms with Gasteiger partial charge in [0.05, 0.1) is 5.03 Å². The van der Waals surface area contributed by atoms with Crippen LogP contribution in [-0.4, -0.2) is 23.8 Å². The summed E-state index contributed by atoms with van der Waals surface area (Å²) in [4.78, 5) is 4.27. The van der Waals surface area contributed by atoms with Crippen LogP contribution in [0.3, 0.4) is 0 Å². The molecule has 0 aliphatic rings. The maximum atomic E-state index is 4.27. The molecule has 0 bridgehead atoms. The van der Waals surface area contributed by atoms with E-state index in [0.717, 1.165) is 30.3 Å². The second-order valence-corrected chi connectivity index (χ2v) is 5.54. The Morgan fingerprint density at radius 2 is 2.24 bits per heavy atom. The molecular weight excluding hydrogens is 248 g/mol. The summed E-state index contributed by atoms with van der Waals surface area (Å²) in [6.45, 7) is 2.09. The van der Waals surface area contributed by atoms with Gasteiger partial charge in [0.2, 0.25) is 0 Å². The van der Waals surface area contributed by atoms with Crippen molar-refractivity contribution in [2.24, 2.45) is 0 Å². The van der Waals surface area contributed by atoms with E-state index in [9.17, 15) is 0 Å². The van der Waals surface area contributed by atoms with E-state index < -0.39 is 0 Å². The summed E-state index contributed by atoms with van der Waals surface area (Å²) in [5.41, 5.74) is 1.43. The van der Waals surface area contributed by atoms with E-state index in [-0.39, 0.29) is 0 Å². The number of rotatable bonds is 7. The Morgan fingerprint density at radius 3 is 3.00 bits per heavy atom. The molecule has 2 rings (SSSR count). The van der Waals surface area contributed by atoms with E-state index >= 15 is 0 Å². The number of aromatic nitrogens is 1. The molecule has 0 aliphatic heterocycles. The van der Waals surface area contributed by atoms with Crippen LogP contribution < -0.4 is 5.32 Å². The largest absolute Gasteiger partial charge is 0.316 e. The molecule has 0 aliphatic carbocycles. The monoisotopic (exact) mass is 264 g/mol. The molecule has 0 saturated heterocycles. The maximum Gasteiger partial charge on any atom is 0.0960 e. The standard InChI is InChI=1S/C13H16N2S2/c1-2-6-15-13(3-1)17-10-8-14-7-4-12-5-9-16-11-12/h1-3,5-6,9,11,14H,4,7-8,10H2. The van der Waals surface area contributed by atoms with E-state index in [1.54, 1.807) is 23.1 Å². The van der Waals surface area contributed by atoms with Gasteiger partial charge < -0.3 is 5.32 Å². The first-order chi connectivity index (χ1) is 8.45. The summed E-state index contributed by atoms with van der Waals surface area (Å²) in [6, 6.07) is 8.22. The summed E-state index contributed by atoms with van der Waals surface area (Å²) in [5.74, 6) is 1.07. The fourth-order valence-corrected chi connectivity index (χ4v) is 2.92. The number of nitrogens with zero attached hydrogens (tertiary/aromatic N) is 1. The molecule has 4 heteroatoms. The molecule has 0 saturated carbocycles. The van der Waals surface area contributed by atoms with Gasteiger partial charge in [-0.3, -0.25) is 0 Å². The van der Waals surface area contributed by atoms with E-state index in [2.05, 4.69) is 33.2 Å². The Morgan fingerprint density at radius 1 is 1.24 bits per heavy atom. The van der Waals surface area contributed by atoms with Crippen LogP contribution in [0.15, 0.2) is 46.2 Å². The van der Waals surface area contributed by atoms with Crippen LogP contribution in [0.1, 0.15) is 5.56 Å². The quantitative estimate of drug-likeness (QED) is 0.614. The number of nitrogens with one attached hydrogen (secondary N) is 1. The summed E-state index contributed by atoms with van der Waals surface area (Å²) in [7, 11) is 0. The first kappa shape index (κ1) is 12.6. The fourth-order valence-electron chi connectivity index (χ4n) is 1.45. The zero-order valence-electron chi connectivity index (χ0n) is 9.63.